The van der Waals surface area contributed by atoms with Crippen molar-refractivity contribution in [2.24, 2.45) is 0 Å². The van der Waals surface area contributed by atoms with Crippen LogP contribution in [0, 0.1) is 5.82 Å². The Kier molecular flexibility index (Phi) is 4.22. The summed E-state index contributed by atoms with van der Waals surface area (Å²) in [7, 11) is 3.33. The van der Waals surface area contributed by atoms with Gasteiger partial charge in [0.15, 0.2) is 11.6 Å². The molecule has 6 heteroatoms. The van der Waals surface area contributed by atoms with Crippen LogP contribution in [0.1, 0.15) is 5.01 Å². The van der Waals surface area contributed by atoms with Crippen LogP contribution in [0.25, 0.3) is 10.6 Å². The van der Waals surface area contributed by atoms with Crippen LogP contribution < -0.4 is 10.1 Å². The zero-order valence-corrected chi connectivity index (χ0v) is 11.1. The van der Waals surface area contributed by atoms with Crippen molar-refractivity contribution in [1.82, 2.24) is 15.5 Å². The minimum Gasteiger partial charge on any atom is -0.494 e. The normalized spacial score (nSPS) is 10.6. The van der Waals surface area contributed by atoms with Gasteiger partial charge in [-0.3, -0.25) is 0 Å². The van der Waals surface area contributed by atoms with E-state index in [2.05, 4.69) is 15.5 Å². The second-order valence-corrected chi connectivity index (χ2v) is 4.77. The number of halogens is 1. The summed E-state index contributed by atoms with van der Waals surface area (Å²) in [5.41, 5.74) is 0.724. The maximum absolute atomic E-state index is 13.6. The third-order valence-corrected chi connectivity index (χ3v) is 3.49. The highest BCUT2D eigenvalue weighted by Gasteiger charge is 2.09. The third-order valence-electron chi connectivity index (χ3n) is 2.45. The third kappa shape index (κ3) is 2.83. The molecule has 96 valence electrons. The van der Waals surface area contributed by atoms with Crippen molar-refractivity contribution in [2.75, 3.05) is 20.7 Å². The number of methoxy groups -OCH3 is 1. The molecule has 2 aromatic rings. The first-order chi connectivity index (χ1) is 8.74. The fourth-order valence-electron chi connectivity index (χ4n) is 1.50. The molecule has 1 aromatic carbocycles. The average Bonchev–Trinajstić information content (AvgIpc) is 2.85. The molecule has 0 amide bonds. The molecule has 0 bridgehead atoms. The minimum atomic E-state index is -0.387. The van der Waals surface area contributed by atoms with Crippen molar-refractivity contribution >= 4 is 11.3 Å². The molecule has 1 heterocycles. The number of aromatic nitrogens is 2. The molecule has 0 saturated heterocycles. The number of nitrogens with zero attached hydrogens (tertiary/aromatic N) is 2. The van der Waals surface area contributed by atoms with Gasteiger partial charge in [-0.05, 0) is 25.2 Å². The van der Waals surface area contributed by atoms with Crippen LogP contribution in [0.15, 0.2) is 18.2 Å². The van der Waals surface area contributed by atoms with Crippen LogP contribution in [-0.4, -0.2) is 30.9 Å². The quantitative estimate of drug-likeness (QED) is 0.901. The van der Waals surface area contributed by atoms with Crippen LogP contribution in [0.5, 0.6) is 5.75 Å². The maximum Gasteiger partial charge on any atom is 0.165 e. The number of nitrogens with one attached hydrogen (secondary N) is 1. The van der Waals surface area contributed by atoms with Gasteiger partial charge in [0.25, 0.3) is 0 Å². The first kappa shape index (κ1) is 12.9. The Labute approximate surface area is 109 Å². The van der Waals surface area contributed by atoms with Crippen LogP contribution in [0.3, 0.4) is 0 Å². The summed E-state index contributed by atoms with van der Waals surface area (Å²) in [6, 6.07) is 4.80. The molecule has 0 saturated carbocycles. The number of ether oxygens (including phenoxy) is 1. The number of hydrogen-bond acceptors (Lipinski definition) is 5. The average molecular weight is 267 g/mol. The lowest BCUT2D eigenvalue weighted by molar-refractivity contribution is 0.386. The molecule has 1 aromatic heterocycles. The Morgan fingerprint density at radius 2 is 2.22 bits per heavy atom. The first-order valence-electron chi connectivity index (χ1n) is 5.55. The molecule has 0 fully saturated rings. The molecule has 0 aliphatic carbocycles. The van der Waals surface area contributed by atoms with E-state index in [1.807, 2.05) is 7.05 Å². The lowest BCUT2D eigenvalue weighted by Crippen LogP contribution is -2.09. The van der Waals surface area contributed by atoms with Crippen molar-refractivity contribution in [3.05, 3.63) is 29.0 Å². The summed E-state index contributed by atoms with van der Waals surface area (Å²) in [6.07, 6.45) is 0.826. The Balaban J connectivity index is 2.20. The second-order valence-electron chi connectivity index (χ2n) is 3.70. The standard InChI is InChI=1S/C12H14FN3OS/c1-14-6-5-11-15-16-12(18-11)8-3-4-10(17-2)9(13)7-8/h3-4,7,14H,5-6H2,1-2H3. The molecule has 0 radical (unpaired) electrons. The molecular formula is C12H14FN3OS. The highest BCUT2D eigenvalue weighted by molar-refractivity contribution is 7.14. The molecule has 0 aliphatic heterocycles. The predicted octanol–water partition coefficient (Wildman–Crippen LogP) is 2.11. The first-order valence-corrected chi connectivity index (χ1v) is 6.37. The summed E-state index contributed by atoms with van der Waals surface area (Å²) >= 11 is 1.48. The van der Waals surface area contributed by atoms with E-state index in [0.717, 1.165) is 28.5 Å². The van der Waals surface area contributed by atoms with Crippen molar-refractivity contribution in [2.45, 2.75) is 6.42 Å². The van der Waals surface area contributed by atoms with E-state index in [-0.39, 0.29) is 11.6 Å². The lowest BCUT2D eigenvalue weighted by Gasteiger charge is -2.02. The molecule has 0 atom stereocenters. The lowest BCUT2D eigenvalue weighted by atomic mass is 10.2. The van der Waals surface area contributed by atoms with Gasteiger partial charge in [-0.15, -0.1) is 10.2 Å². The smallest absolute Gasteiger partial charge is 0.165 e. The summed E-state index contributed by atoms with van der Waals surface area (Å²) < 4.78 is 18.4. The Bertz CT molecular complexity index is 530. The fourth-order valence-corrected chi connectivity index (χ4v) is 2.34. The van der Waals surface area contributed by atoms with Gasteiger partial charge in [0.2, 0.25) is 0 Å². The molecule has 0 spiro atoms. The van der Waals surface area contributed by atoms with E-state index in [9.17, 15) is 4.39 Å². The van der Waals surface area contributed by atoms with Crippen LogP contribution in [-0.2, 0) is 6.42 Å². The van der Waals surface area contributed by atoms with Crippen molar-refractivity contribution in [1.29, 1.82) is 0 Å². The van der Waals surface area contributed by atoms with Crippen LogP contribution in [0.4, 0.5) is 4.39 Å². The molecule has 2 rings (SSSR count). The van der Waals surface area contributed by atoms with Gasteiger partial charge in [0.05, 0.1) is 7.11 Å². The number of benzene rings is 1. The van der Waals surface area contributed by atoms with Crippen molar-refractivity contribution < 1.29 is 9.13 Å². The molecule has 1 N–H and O–H groups in total. The highest BCUT2D eigenvalue weighted by atomic mass is 32.1. The van der Waals surface area contributed by atoms with Gasteiger partial charge in [-0.25, -0.2) is 4.39 Å². The number of likely N-dealkylation sites (N-methyl/N-ethyl adjacent to an activating group) is 1. The molecule has 18 heavy (non-hydrogen) atoms. The van der Waals surface area contributed by atoms with E-state index < -0.39 is 0 Å². The molecular weight excluding hydrogens is 253 g/mol. The van der Waals surface area contributed by atoms with Gasteiger partial charge in [-0.2, -0.15) is 0 Å². The van der Waals surface area contributed by atoms with Crippen LogP contribution in [0.2, 0.25) is 0 Å². The van der Waals surface area contributed by atoms with E-state index >= 15 is 0 Å². The Hall–Kier alpha value is -1.53. The summed E-state index contributed by atoms with van der Waals surface area (Å²) in [6.45, 7) is 0.853. The number of rotatable bonds is 5. The van der Waals surface area contributed by atoms with Gasteiger partial charge in [0.1, 0.15) is 10.0 Å². The van der Waals surface area contributed by atoms with Crippen LogP contribution >= 0.6 is 11.3 Å². The van der Waals surface area contributed by atoms with Crippen molar-refractivity contribution in [3.63, 3.8) is 0 Å². The van der Waals surface area contributed by atoms with E-state index in [1.165, 1.54) is 24.5 Å². The summed E-state index contributed by atoms with van der Waals surface area (Å²) in [4.78, 5) is 0. The second kappa shape index (κ2) is 5.88. The van der Waals surface area contributed by atoms with E-state index in [4.69, 9.17) is 4.74 Å². The topological polar surface area (TPSA) is 47.0 Å². The molecule has 0 aliphatic rings. The minimum absolute atomic E-state index is 0.235. The maximum atomic E-state index is 13.6. The SMILES string of the molecule is CNCCc1nnc(-c2ccc(OC)c(F)c2)s1. The Morgan fingerprint density at radius 1 is 1.39 bits per heavy atom. The summed E-state index contributed by atoms with van der Waals surface area (Å²) in [5.74, 6) is -0.152. The fraction of sp³-hybridized carbons (Fsp3) is 0.333. The van der Waals surface area contributed by atoms with Gasteiger partial charge in [0, 0.05) is 18.5 Å². The largest absolute Gasteiger partial charge is 0.494 e. The van der Waals surface area contributed by atoms with Gasteiger partial charge < -0.3 is 10.1 Å². The van der Waals surface area contributed by atoms with Gasteiger partial charge >= 0.3 is 0 Å². The van der Waals surface area contributed by atoms with E-state index in [0.29, 0.717) is 0 Å². The van der Waals surface area contributed by atoms with Crippen molar-refractivity contribution in [3.8, 4) is 16.3 Å². The zero-order chi connectivity index (χ0) is 13.0. The summed E-state index contributed by atoms with van der Waals surface area (Å²) in [5, 5.41) is 12.9. The highest BCUT2D eigenvalue weighted by Crippen LogP contribution is 2.27. The Morgan fingerprint density at radius 3 is 2.89 bits per heavy atom. The van der Waals surface area contributed by atoms with E-state index in [1.54, 1.807) is 12.1 Å². The zero-order valence-electron chi connectivity index (χ0n) is 10.2. The van der Waals surface area contributed by atoms with Gasteiger partial charge in [-0.1, -0.05) is 11.3 Å². The number of hydrogen-bond donors (Lipinski definition) is 1. The molecule has 4 nitrogen and oxygen atoms in total. The predicted molar refractivity (Wildman–Crippen MR) is 69.5 cm³/mol. The monoisotopic (exact) mass is 267 g/mol. The molecule has 0 unspecified atom stereocenters.